The van der Waals surface area contributed by atoms with E-state index in [0.717, 1.165) is 98.8 Å². The highest BCUT2D eigenvalue weighted by Crippen LogP contribution is 2.29. The largest absolute Gasteiger partial charge is 0.504 e. The molecule has 0 bridgehead atoms. The second kappa shape index (κ2) is 49.6. The van der Waals surface area contributed by atoms with Gasteiger partial charge in [0.2, 0.25) is 23.6 Å². The molecule has 16 nitrogen and oxygen atoms in total. The van der Waals surface area contributed by atoms with Crippen molar-refractivity contribution < 1.29 is 58.6 Å². The summed E-state index contributed by atoms with van der Waals surface area (Å²) in [6.07, 6.45) is 31.2. The number of ether oxygens (including phenoxy) is 4. The molecule has 0 saturated heterocycles. The number of hydrogen-bond acceptors (Lipinski definition) is 12. The van der Waals surface area contributed by atoms with E-state index >= 15 is 0 Å². The van der Waals surface area contributed by atoms with Crippen LogP contribution in [0.25, 0.3) is 0 Å². The average Bonchev–Trinajstić information content (AvgIpc) is 3.60. The number of phenolic OH excluding ortho intramolecular Hbond substituents is 4. The molecule has 0 aliphatic carbocycles. The summed E-state index contributed by atoms with van der Waals surface area (Å²) in [7, 11) is 6.03. The van der Waals surface area contributed by atoms with Crippen LogP contribution in [-0.4, -0.2) is 72.5 Å². The van der Waals surface area contributed by atoms with E-state index in [1.54, 1.807) is 72.8 Å². The van der Waals surface area contributed by atoms with Crippen LogP contribution < -0.4 is 40.2 Å². The van der Waals surface area contributed by atoms with Gasteiger partial charge in [0.1, 0.15) is 0 Å². The molecule has 0 unspecified atom stereocenters. The molecular formula is C72H112N4O12. The number of carbonyl (C=O) groups is 4. The quantitative estimate of drug-likeness (QED) is 0.0154. The van der Waals surface area contributed by atoms with Gasteiger partial charge in [-0.1, -0.05) is 161 Å². The van der Waals surface area contributed by atoms with Gasteiger partial charge < -0.3 is 60.6 Å². The van der Waals surface area contributed by atoms with Crippen molar-refractivity contribution in [2.24, 2.45) is 17.8 Å². The number of allylic oxidation sites excluding steroid dienone is 4. The first-order chi connectivity index (χ1) is 42.2. The van der Waals surface area contributed by atoms with Gasteiger partial charge in [-0.05, 0) is 140 Å². The molecule has 88 heavy (non-hydrogen) atoms. The lowest BCUT2D eigenvalue weighted by Gasteiger charge is -2.08. The molecule has 4 aromatic carbocycles. The SMILES string of the molecule is CCCCCCCCC(=O)NCc1ccc(O)c(OC)c1.COc1cc(CNC(=O)CCCC/C=C/C(C)C)ccc1O.COc1cc(CNC(=O)CCCCC/C=C/C(C)C)ccc1O.COc1cc(CNC(=O)CCCCCCC(C)C)ccc1O. The van der Waals surface area contributed by atoms with Crippen molar-refractivity contribution in [2.45, 2.75) is 216 Å². The smallest absolute Gasteiger partial charge is 0.220 e. The van der Waals surface area contributed by atoms with Crippen LogP contribution in [0.3, 0.4) is 0 Å². The minimum absolute atomic E-state index is 0.0554. The summed E-state index contributed by atoms with van der Waals surface area (Å²) in [5, 5.41) is 49.7. The van der Waals surface area contributed by atoms with Gasteiger partial charge in [-0.15, -0.1) is 0 Å². The van der Waals surface area contributed by atoms with Gasteiger partial charge in [0.15, 0.2) is 46.0 Å². The summed E-state index contributed by atoms with van der Waals surface area (Å²) >= 11 is 0. The molecule has 0 aliphatic heterocycles. The lowest BCUT2D eigenvalue weighted by atomic mass is 10.0. The van der Waals surface area contributed by atoms with Gasteiger partial charge in [0.05, 0.1) is 28.4 Å². The van der Waals surface area contributed by atoms with Gasteiger partial charge >= 0.3 is 0 Å². The van der Waals surface area contributed by atoms with Crippen molar-refractivity contribution in [1.29, 1.82) is 0 Å². The van der Waals surface area contributed by atoms with Crippen LogP contribution in [0.1, 0.15) is 212 Å². The number of nitrogens with one attached hydrogen (secondary N) is 4. The molecule has 8 N–H and O–H groups in total. The zero-order chi connectivity index (χ0) is 65.3. The molecule has 0 fully saturated rings. The summed E-state index contributed by atoms with van der Waals surface area (Å²) in [6, 6.07) is 20.3. The van der Waals surface area contributed by atoms with Crippen LogP contribution >= 0.6 is 0 Å². The average molecular weight is 1230 g/mol. The number of methoxy groups -OCH3 is 4. The molecule has 4 rings (SSSR count). The monoisotopic (exact) mass is 1220 g/mol. The summed E-state index contributed by atoms with van der Waals surface area (Å²) in [6.45, 7) is 17.2. The van der Waals surface area contributed by atoms with Crippen molar-refractivity contribution in [1.82, 2.24) is 21.3 Å². The Morgan fingerprint density at radius 3 is 0.932 bits per heavy atom. The fraction of sp³-hybridized carbons (Fsp3) is 0.556. The summed E-state index contributed by atoms with van der Waals surface area (Å²) in [4.78, 5) is 47.1. The Morgan fingerprint density at radius 2 is 0.648 bits per heavy atom. The second-order valence-corrected chi connectivity index (χ2v) is 23.2. The van der Waals surface area contributed by atoms with Crippen LogP contribution in [0.2, 0.25) is 0 Å². The number of unbranched alkanes of at least 4 members (excludes halogenated alkanes) is 13. The van der Waals surface area contributed by atoms with Crippen LogP contribution in [0, 0.1) is 17.8 Å². The molecule has 16 heteroatoms. The maximum absolute atomic E-state index is 11.8. The lowest BCUT2D eigenvalue weighted by Crippen LogP contribution is -2.22. The van der Waals surface area contributed by atoms with Crippen molar-refractivity contribution in [3.8, 4) is 46.0 Å². The molecule has 0 aromatic heterocycles. The number of aromatic hydroxyl groups is 4. The van der Waals surface area contributed by atoms with E-state index in [2.05, 4.69) is 94.0 Å². The van der Waals surface area contributed by atoms with E-state index in [-0.39, 0.29) is 46.6 Å². The van der Waals surface area contributed by atoms with Gasteiger partial charge in [0.25, 0.3) is 0 Å². The molecular weight excluding hydrogens is 1110 g/mol. The Balaban J connectivity index is 0.000000587. The Bertz CT molecular complexity index is 2600. The van der Waals surface area contributed by atoms with Crippen LogP contribution in [0.15, 0.2) is 97.1 Å². The molecule has 0 aliphatic rings. The third-order valence-corrected chi connectivity index (χ3v) is 14.0. The molecule has 0 heterocycles. The second-order valence-electron chi connectivity index (χ2n) is 23.2. The lowest BCUT2D eigenvalue weighted by molar-refractivity contribution is -0.122. The predicted octanol–water partition coefficient (Wildman–Crippen LogP) is 15.8. The topological polar surface area (TPSA) is 234 Å². The summed E-state index contributed by atoms with van der Waals surface area (Å²) < 4.78 is 20.2. The van der Waals surface area contributed by atoms with Crippen molar-refractivity contribution in [2.75, 3.05) is 28.4 Å². The number of phenols is 4. The summed E-state index contributed by atoms with van der Waals surface area (Å²) in [5.74, 6) is 4.38. The molecule has 0 saturated carbocycles. The highest BCUT2D eigenvalue weighted by Gasteiger charge is 2.10. The standard InChI is InChI=1S/C19H29NO3.C18H29NO3.C18H27NO3.C17H27NO3/c1-15(2)9-7-5-4-6-8-10-19(22)20-14-16-11-12-17(21)18(13-16)23-3;2*1-14(2)8-6-4-5-7-9-18(21)19-13-15-10-11-16(20)17(12-15)22-3;1-3-4-5-6-7-8-9-17(20)18-13-14-10-11-15(19)16(12-14)21-2/h7,9,11-13,15,21H,4-6,8,10,14H2,1-3H3,(H,20,22);10-12,14,20H,4-9,13H2,1-3H3,(H,19,21);6,8,10-12,14,20H,4-5,7,9,13H2,1-3H3,(H,19,21);10-12,19H,3-9,13H2,1-2H3,(H,18,20)/b9-7+;;8-6+;. The first kappa shape index (κ1) is 78.7. The van der Waals surface area contributed by atoms with E-state index in [1.165, 1.54) is 73.4 Å². The van der Waals surface area contributed by atoms with E-state index < -0.39 is 0 Å². The fourth-order valence-corrected chi connectivity index (χ4v) is 8.75. The Labute approximate surface area is 528 Å². The number of rotatable bonds is 39. The first-order valence-corrected chi connectivity index (χ1v) is 32.1. The first-order valence-electron chi connectivity index (χ1n) is 32.1. The van der Waals surface area contributed by atoms with Crippen LogP contribution in [0.4, 0.5) is 0 Å². The molecule has 0 atom stereocenters. The zero-order valence-electron chi connectivity index (χ0n) is 55.4. The minimum Gasteiger partial charge on any atom is -0.504 e. The highest BCUT2D eigenvalue weighted by molar-refractivity contribution is 5.77. The van der Waals surface area contributed by atoms with E-state index in [0.29, 0.717) is 86.7 Å². The molecule has 492 valence electrons. The molecule has 4 aromatic rings. The van der Waals surface area contributed by atoms with Crippen LogP contribution in [-0.2, 0) is 45.4 Å². The van der Waals surface area contributed by atoms with Crippen molar-refractivity contribution >= 4 is 23.6 Å². The molecule has 4 amide bonds. The van der Waals surface area contributed by atoms with Crippen LogP contribution in [0.5, 0.6) is 46.0 Å². The molecule has 0 spiro atoms. The predicted molar refractivity (Wildman–Crippen MR) is 356 cm³/mol. The third kappa shape index (κ3) is 40.2. The maximum Gasteiger partial charge on any atom is 0.220 e. The number of carbonyl (C=O) groups excluding carboxylic acids is 4. The summed E-state index contributed by atoms with van der Waals surface area (Å²) in [5.41, 5.74) is 3.65. The van der Waals surface area contributed by atoms with E-state index in [1.807, 2.05) is 0 Å². The van der Waals surface area contributed by atoms with Crippen molar-refractivity contribution in [3.05, 3.63) is 119 Å². The number of amides is 4. The number of hydrogen-bond donors (Lipinski definition) is 8. The van der Waals surface area contributed by atoms with Gasteiger partial charge in [0, 0.05) is 51.9 Å². The van der Waals surface area contributed by atoms with Gasteiger partial charge in [-0.25, -0.2) is 0 Å². The van der Waals surface area contributed by atoms with Gasteiger partial charge in [-0.2, -0.15) is 0 Å². The minimum atomic E-state index is 0.0554. The Morgan fingerprint density at radius 1 is 0.386 bits per heavy atom. The Kier molecular flexibility index (Phi) is 44.3. The highest BCUT2D eigenvalue weighted by atomic mass is 16.5. The maximum atomic E-state index is 11.8. The third-order valence-electron chi connectivity index (χ3n) is 14.0. The van der Waals surface area contributed by atoms with E-state index in [4.69, 9.17) is 18.9 Å². The Hall–Kier alpha value is -7.36. The normalized spacial score (nSPS) is 10.8. The zero-order valence-corrected chi connectivity index (χ0v) is 55.4. The number of benzene rings is 4. The van der Waals surface area contributed by atoms with Crippen molar-refractivity contribution in [3.63, 3.8) is 0 Å². The van der Waals surface area contributed by atoms with Gasteiger partial charge in [-0.3, -0.25) is 19.2 Å². The van der Waals surface area contributed by atoms with E-state index in [9.17, 15) is 39.6 Å². The molecule has 0 radical (unpaired) electrons. The fourth-order valence-electron chi connectivity index (χ4n) is 8.75.